The Bertz CT molecular complexity index is 864. The Morgan fingerprint density at radius 1 is 1.19 bits per heavy atom. The quantitative estimate of drug-likeness (QED) is 0.704. The molecule has 2 heterocycles. The van der Waals surface area contributed by atoms with Crippen LogP contribution < -0.4 is 15.4 Å². The Hall–Kier alpha value is -2.87. The van der Waals surface area contributed by atoms with Gasteiger partial charge in [0.1, 0.15) is 11.6 Å². The molecule has 2 unspecified atom stereocenters. The van der Waals surface area contributed by atoms with Gasteiger partial charge < -0.3 is 24.8 Å². The molecule has 2 aromatic rings. The molecule has 1 fully saturated rings. The van der Waals surface area contributed by atoms with Gasteiger partial charge in [-0.05, 0) is 30.5 Å². The highest BCUT2D eigenvalue weighted by molar-refractivity contribution is 5.85. The van der Waals surface area contributed by atoms with Crippen LogP contribution in [0.5, 0.6) is 5.75 Å². The molecule has 0 bridgehead atoms. The van der Waals surface area contributed by atoms with Gasteiger partial charge in [-0.2, -0.15) is 0 Å². The number of amides is 2. The number of benzene rings is 1. The molecule has 2 atom stereocenters. The fraction of sp³-hybridized carbons (Fsp3) is 0.522. The van der Waals surface area contributed by atoms with Gasteiger partial charge in [-0.3, -0.25) is 9.59 Å². The van der Waals surface area contributed by atoms with E-state index in [9.17, 15) is 9.59 Å². The Kier molecular flexibility index (Phi) is 8.06. The molecule has 31 heavy (non-hydrogen) atoms. The van der Waals surface area contributed by atoms with Crippen LogP contribution in [0.1, 0.15) is 37.1 Å². The van der Waals surface area contributed by atoms with Crippen molar-refractivity contribution in [2.45, 2.75) is 44.8 Å². The van der Waals surface area contributed by atoms with Crippen molar-refractivity contribution in [3.63, 3.8) is 0 Å². The summed E-state index contributed by atoms with van der Waals surface area (Å²) in [7, 11) is 5.41. The summed E-state index contributed by atoms with van der Waals surface area (Å²) >= 11 is 0. The Morgan fingerprint density at radius 2 is 1.97 bits per heavy atom. The molecule has 0 spiro atoms. The van der Waals surface area contributed by atoms with Gasteiger partial charge in [-0.25, -0.2) is 4.98 Å². The van der Waals surface area contributed by atoms with E-state index < -0.39 is 0 Å². The summed E-state index contributed by atoms with van der Waals surface area (Å²) in [6.45, 7) is 1.72. The van der Waals surface area contributed by atoms with Gasteiger partial charge in [-0.15, -0.1) is 0 Å². The highest BCUT2D eigenvalue weighted by Crippen LogP contribution is 2.19. The zero-order chi connectivity index (χ0) is 22.2. The van der Waals surface area contributed by atoms with Crippen LogP contribution in [0, 0.1) is 5.92 Å². The van der Waals surface area contributed by atoms with E-state index in [0.717, 1.165) is 30.0 Å². The van der Waals surface area contributed by atoms with E-state index in [4.69, 9.17) is 4.74 Å². The maximum absolute atomic E-state index is 12.8. The summed E-state index contributed by atoms with van der Waals surface area (Å²) in [6, 6.07) is 7.78. The molecule has 0 saturated carbocycles. The third kappa shape index (κ3) is 6.55. The van der Waals surface area contributed by atoms with Gasteiger partial charge in [-0.1, -0.05) is 18.6 Å². The number of methoxy groups -OCH3 is 1. The topological polar surface area (TPSA) is 88.5 Å². The number of hydrogen-bond acceptors (Lipinski definition) is 5. The van der Waals surface area contributed by atoms with Crippen LogP contribution >= 0.6 is 0 Å². The van der Waals surface area contributed by atoms with Gasteiger partial charge >= 0.3 is 0 Å². The number of nitrogens with one attached hydrogen (secondary N) is 2. The van der Waals surface area contributed by atoms with Gasteiger partial charge in [0.05, 0.1) is 13.7 Å². The smallest absolute Gasteiger partial charge is 0.223 e. The molecule has 2 amide bonds. The number of likely N-dealkylation sites (N-methyl/N-ethyl adjacent to an activating group) is 1. The highest BCUT2D eigenvalue weighted by atomic mass is 16.5. The first-order chi connectivity index (χ1) is 15.0. The second-order valence-electron chi connectivity index (χ2n) is 8.20. The summed E-state index contributed by atoms with van der Waals surface area (Å²) in [5.41, 5.74) is 0.999. The van der Waals surface area contributed by atoms with Crippen LogP contribution in [-0.2, 0) is 29.7 Å². The van der Waals surface area contributed by atoms with Gasteiger partial charge in [0.25, 0.3) is 0 Å². The van der Waals surface area contributed by atoms with E-state index in [2.05, 4.69) is 15.6 Å². The molecule has 1 aromatic heterocycles. The molecular formula is C23H33N5O3. The molecule has 8 nitrogen and oxygen atoms in total. The Morgan fingerprint density at radius 3 is 2.65 bits per heavy atom. The monoisotopic (exact) mass is 427 g/mol. The summed E-state index contributed by atoms with van der Waals surface area (Å²) in [4.78, 5) is 31.6. The maximum Gasteiger partial charge on any atom is 0.223 e. The average Bonchev–Trinajstić information content (AvgIpc) is 3.21. The summed E-state index contributed by atoms with van der Waals surface area (Å²) < 4.78 is 7.15. The van der Waals surface area contributed by atoms with Crippen LogP contribution in [-0.4, -0.2) is 53.0 Å². The largest absolute Gasteiger partial charge is 0.497 e. The fourth-order valence-electron chi connectivity index (χ4n) is 3.87. The van der Waals surface area contributed by atoms with E-state index in [1.165, 1.54) is 0 Å². The van der Waals surface area contributed by atoms with E-state index in [0.29, 0.717) is 26.1 Å². The molecule has 1 saturated heterocycles. The minimum atomic E-state index is -0.304. The predicted octanol–water partition coefficient (Wildman–Crippen LogP) is 1.85. The van der Waals surface area contributed by atoms with Crippen molar-refractivity contribution >= 4 is 11.8 Å². The molecule has 1 aliphatic rings. The second kappa shape index (κ2) is 10.9. The summed E-state index contributed by atoms with van der Waals surface area (Å²) in [5.74, 6) is 1.39. The molecule has 1 aliphatic heterocycles. The SMILES string of the molecule is COc1ccc(CNC(=O)C2CCCC(NCc3nccn3C)CN(C)C(=O)C2)cc1. The van der Waals surface area contributed by atoms with Crippen molar-refractivity contribution in [2.24, 2.45) is 13.0 Å². The van der Waals surface area contributed by atoms with E-state index in [1.54, 1.807) is 18.2 Å². The number of carbonyl (C=O) groups is 2. The predicted molar refractivity (Wildman–Crippen MR) is 118 cm³/mol. The summed E-state index contributed by atoms with van der Waals surface area (Å²) in [6.07, 6.45) is 6.45. The van der Waals surface area contributed by atoms with E-state index in [1.807, 2.05) is 49.1 Å². The third-order valence-corrected chi connectivity index (χ3v) is 5.91. The van der Waals surface area contributed by atoms with Crippen molar-refractivity contribution < 1.29 is 14.3 Å². The van der Waals surface area contributed by atoms with Crippen molar-refractivity contribution in [3.8, 4) is 5.75 Å². The Balaban J connectivity index is 1.53. The molecular weight excluding hydrogens is 394 g/mol. The van der Waals surface area contributed by atoms with Crippen LogP contribution in [0.25, 0.3) is 0 Å². The van der Waals surface area contributed by atoms with Crippen LogP contribution in [0.2, 0.25) is 0 Å². The normalized spacial score (nSPS) is 20.0. The molecule has 0 radical (unpaired) electrons. The average molecular weight is 428 g/mol. The first kappa shape index (κ1) is 22.8. The standard InChI is InChI=1S/C23H33N5O3/c1-27-12-11-24-21(27)15-25-19-6-4-5-18(13-22(29)28(2)16-19)23(30)26-14-17-7-9-20(31-3)10-8-17/h7-12,18-19,25H,4-6,13-16H2,1-3H3,(H,26,30). The second-order valence-corrected chi connectivity index (χ2v) is 8.20. The van der Waals surface area contributed by atoms with Crippen molar-refractivity contribution in [1.29, 1.82) is 0 Å². The van der Waals surface area contributed by atoms with Gasteiger partial charge in [0.15, 0.2) is 0 Å². The lowest BCUT2D eigenvalue weighted by atomic mass is 9.96. The number of aryl methyl sites for hydroxylation is 1. The van der Waals surface area contributed by atoms with Gasteiger partial charge in [0, 0.05) is 58.0 Å². The molecule has 1 aromatic carbocycles. The van der Waals surface area contributed by atoms with Gasteiger partial charge in [0.2, 0.25) is 11.8 Å². The number of imidazole rings is 1. The first-order valence-corrected chi connectivity index (χ1v) is 10.8. The number of nitrogens with zero attached hydrogens (tertiary/aromatic N) is 3. The van der Waals surface area contributed by atoms with Crippen molar-refractivity contribution in [3.05, 3.63) is 48.0 Å². The van der Waals surface area contributed by atoms with E-state index >= 15 is 0 Å². The Labute approximate surface area is 184 Å². The van der Waals surface area contributed by atoms with Crippen LogP contribution in [0.3, 0.4) is 0 Å². The molecule has 0 aliphatic carbocycles. The molecule has 168 valence electrons. The zero-order valence-corrected chi connectivity index (χ0v) is 18.6. The van der Waals surface area contributed by atoms with E-state index in [-0.39, 0.29) is 30.2 Å². The number of carbonyl (C=O) groups excluding carboxylic acids is 2. The number of rotatable bonds is 7. The number of aromatic nitrogens is 2. The lowest BCUT2D eigenvalue weighted by Crippen LogP contribution is -2.42. The van der Waals surface area contributed by atoms with Crippen molar-refractivity contribution in [1.82, 2.24) is 25.1 Å². The number of hydrogen-bond donors (Lipinski definition) is 2. The third-order valence-electron chi connectivity index (χ3n) is 5.91. The fourth-order valence-corrected chi connectivity index (χ4v) is 3.87. The maximum atomic E-state index is 12.8. The highest BCUT2D eigenvalue weighted by Gasteiger charge is 2.27. The van der Waals surface area contributed by atoms with Crippen molar-refractivity contribution in [2.75, 3.05) is 20.7 Å². The molecule has 2 N–H and O–H groups in total. The summed E-state index contributed by atoms with van der Waals surface area (Å²) in [5, 5.41) is 6.52. The molecule has 8 heteroatoms. The minimum Gasteiger partial charge on any atom is -0.497 e. The lowest BCUT2D eigenvalue weighted by molar-refractivity contribution is -0.135. The molecule has 3 rings (SSSR count). The van der Waals surface area contributed by atoms with Crippen LogP contribution in [0.4, 0.5) is 0 Å². The number of ether oxygens (including phenoxy) is 1. The lowest BCUT2D eigenvalue weighted by Gasteiger charge is -2.24. The first-order valence-electron chi connectivity index (χ1n) is 10.8. The zero-order valence-electron chi connectivity index (χ0n) is 18.6. The minimum absolute atomic E-state index is 0.00953. The van der Waals surface area contributed by atoms with Crippen LogP contribution in [0.15, 0.2) is 36.7 Å².